The third-order valence-electron chi connectivity index (χ3n) is 5.28. The second-order valence-electron chi connectivity index (χ2n) is 6.83. The van der Waals surface area contributed by atoms with Crippen molar-refractivity contribution in [3.05, 3.63) is 65.7 Å². The molecule has 4 rings (SSSR count). The predicted octanol–water partition coefficient (Wildman–Crippen LogP) is 3.92. The van der Waals surface area contributed by atoms with Crippen molar-refractivity contribution in [2.75, 3.05) is 13.1 Å². The lowest BCUT2D eigenvalue weighted by Crippen LogP contribution is -2.41. The van der Waals surface area contributed by atoms with Gasteiger partial charge in [-0.3, -0.25) is 9.69 Å². The number of benzene rings is 2. The summed E-state index contributed by atoms with van der Waals surface area (Å²) in [5.74, 6) is 1.38. The Hall–Kier alpha value is -2.13. The molecule has 2 aliphatic rings. The number of likely N-dealkylation sites (tertiary alicyclic amines) is 1. The minimum atomic E-state index is 0.0913. The van der Waals surface area contributed by atoms with Crippen LogP contribution >= 0.6 is 0 Å². The van der Waals surface area contributed by atoms with Crippen molar-refractivity contribution in [1.82, 2.24) is 4.90 Å². The van der Waals surface area contributed by atoms with Gasteiger partial charge in [0.25, 0.3) is 0 Å². The van der Waals surface area contributed by atoms with Gasteiger partial charge in [-0.05, 0) is 24.5 Å². The highest BCUT2D eigenvalue weighted by Gasteiger charge is 2.51. The van der Waals surface area contributed by atoms with Gasteiger partial charge in [0.1, 0.15) is 18.1 Å². The molecule has 1 heterocycles. The molecule has 0 atom stereocenters. The van der Waals surface area contributed by atoms with E-state index in [1.54, 1.807) is 0 Å². The van der Waals surface area contributed by atoms with Gasteiger partial charge >= 0.3 is 0 Å². The first-order valence-electron chi connectivity index (χ1n) is 8.81. The van der Waals surface area contributed by atoms with Crippen molar-refractivity contribution in [3.63, 3.8) is 0 Å². The van der Waals surface area contributed by atoms with E-state index in [1.807, 2.05) is 24.3 Å². The molecule has 3 nitrogen and oxygen atoms in total. The molecule has 0 radical (unpaired) electrons. The Morgan fingerprint density at radius 2 is 1.58 bits per heavy atom. The summed E-state index contributed by atoms with van der Waals surface area (Å²) >= 11 is 0. The highest BCUT2D eigenvalue weighted by Crippen LogP contribution is 2.54. The Kier molecular flexibility index (Phi) is 4.11. The van der Waals surface area contributed by atoms with Crippen molar-refractivity contribution in [3.8, 4) is 5.75 Å². The average Bonchev–Trinajstić information content (AvgIpc) is 3.43. The molecular weight excluding hydrogens is 298 g/mol. The molecule has 0 spiro atoms. The molecule has 0 bridgehead atoms. The quantitative estimate of drug-likeness (QED) is 0.836. The minimum absolute atomic E-state index is 0.0913. The molecule has 2 aromatic carbocycles. The maximum atomic E-state index is 11.6. The van der Waals surface area contributed by atoms with Crippen LogP contribution in [0.4, 0.5) is 0 Å². The monoisotopic (exact) mass is 321 g/mol. The largest absolute Gasteiger partial charge is 0.489 e. The van der Waals surface area contributed by atoms with Gasteiger partial charge in [-0.1, -0.05) is 48.5 Å². The number of hydrogen-bond donors (Lipinski definition) is 0. The molecule has 3 heteroatoms. The van der Waals surface area contributed by atoms with E-state index in [4.69, 9.17) is 4.74 Å². The van der Waals surface area contributed by atoms with Gasteiger partial charge in [0.15, 0.2) is 0 Å². The molecular formula is C21H23NO2. The molecule has 0 aromatic heterocycles. The molecule has 124 valence electrons. The molecule has 1 saturated carbocycles. The van der Waals surface area contributed by atoms with E-state index in [0.717, 1.165) is 31.7 Å². The molecule has 0 amide bonds. The van der Waals surface area contributed by atoms with E-state index in [1.165, 1.54) is 11.1 Å². The number of Topliss-reactive ketones (excluding diaryl/α,β-unsaturated/α-hetero) is 1. The predicted molar refractivity (Wildman–Crippen MR) is 93.9 cm³/mol. The van der Waals surface area contributed by atoms with Gasteiger partial charge in [-0.15, -0.1) is 0 Å². The minimum Gasteiger partial charge on any atom is -0.489 e. The normalized spacial score (nSPS) is 19.9. The number of hydrogen-bond acceptors (Lipinski definition) is 3. The van der Waals surface area contributed by atoms with Crippen LogP contribution in [0, 0.1) is 0 Å². The number of carbonyl (C=O) groups is 1. The fourth-order valence-corrected chi connectivity index (χ4v) is 3.77. The zero-order chi connectivity index (χ0) is 16.4. The lowest BCUT2D eigenvalue weighted by Gasteiger charge is -2.35. The van der Waals surface area contributed by atoms with Gasteiger partial charge in [0.05, 0.1) is 0 Å². The Bertz CT molecular complexity index is 712. The van der Waals surface area contributed by atoms with Crippen molar-refractivity contribution in [2.45, 2.75) is 37.8 Å². The van der Waals surface area contributed by atoms with E-state index < -0.39 is 0 Å². The summed E-state index contributed by atoms with van der Waals surface area (Å²) in [7, 11) is 0. The van der Waals surface area contributed by atoms with Crippen LogP contribution in [0.1, 0.15) is 36.8 Å². The number of ketones is 1. The van der Waals surface area contributed by atoms with Gasteiger partial charge in [-0.25, -0.2) is 0 Å². The van der Waals surface area contributed by atoms with Crippen LogP contribution in [0.25, 0.3) is 0 Å². The molecule has 2 aromatic rings. The first-order valence-corrected chi connectivity index (χ1v) is 8.81. The molecule has 1 saturated heterocycles. The lowest BCUT2D eigenvalue weighted by molar-refractivity contribution is -0.122. The lowest BCUT2D eigenvalue weighted by atomic mass is 9.98. The number of carbonyl (C=O) groups excluding carboxylic acids is 1. The summed E-state index contributed by atoms with van der Waals surface area (Å²) in [5, 5.41) is 0. The Morgan fingerprint density at radius 3 is 2.29 bits per heavy atom. The third-order valence-corrected chi connectivity index (χ3v) is 5.28. The van der Waals surface area contributed by atoms with Crippen LogP contribution in [0.2, 0.25) is 0 Å². The summed E-state index contributed by atoms with van der Waals surface area (Å²) in [5.41, 5.74) is 2.56. The summed E-state index contributed by atoms with van der Waals surface area (Å²) in [6, 6.07) is 18.7. The Morgan fingerprint density at radius 1 is 0.917 bits per heavy atom. The highest BCUT2D eigenvalue weighted by atomic mass is 16.5. The average molecular weight is 321 g/mol. The second kappa shape index (κ2) is 6.40. The molecule has 0 N–H and O–H groups in total. The zero-order valence-electron chi connectivity index (χ0n) is 13.9. The standard InChI is InChI=1S/C21H23NO2/c23-18-10-14-22(15-11-18)21(12-13-21)19-8-4-5-9-20(19)24-16-17-6-2-1-3-7-17/h1-9H,10-16H2. The second-order valence-corrected chi connectivity index (χ2v) is 6.83. The maximum absolute atomic E-state index is 11.6. The fourth-order valence-electron chi connectivity index (χ4n) is 3.77. The fraction of sp³-hybridized carbons (Fsp3) is 0.381. The summed E-state index contributed by atoms with van der Waals surface area (Å²) in [4.78, 5) is 14.1. The van der Waals surface area contributed by atoms with E-state index >= 15 is 0 Å². The molecule has 24 heavy (non-hydrogen) atoms. The number of rotatable bonds is 5. The molecule has 1 aliphatic carbocycles. The van der Waals surface area contributed by atoms with E-state index in [-0.39, 0.29) is 5.54 Å². The van der Waals surface area contributed by atoms with Gasteiger partial charge < -0.3 is 4.74 Å². The van der Waals surface area contributed by atoms with Gasteiger partial charge in [0.2, 0.25) is 0 Å². The topological polar surface area (TPSA) is 29.5 Å². The van der Waals surface area contributed by atoms with E-state index in [0.29, 0.717) is 25.2 Å². The van der Waals surface area contributed by atoms with Crippen molar-refractivity contribution in [1.29, 1.82) is 0 Å². The van der Waals surface area contributed by atoms with Crippen LogP contribution in [-0.4, -0.2) is 23.8 Å². The molecule has 2 fully saturated rings. The summed E-state index contributed by atoms with van der Waals surface area (Å²) in [6.07, 6.45) is 3.70. The van der Waals surface area contributed by atoms with Crippen LogP contribution in [0.5, 0.6) is 5.75 Å². The first kappa shape index (κ1) is 15.4. The number of nitrogens with zero attached hydrogens (tertiary/aromatic N) is 1. The van der Waals surface area contributed by atoms with Crippen LogP contribution < -0.4 is 4.74 Å². The molecule has 0 unspecified atom stereocenters. The van der Waals surface area contributed by atoms with Crippen molar-refractivity contribution >= 4 is 5.78 Å². The van der Waals surface area contributed by atoms with E-state index in [2.05, 4.69) is 35.2 Å². The van der Waals surface area contributed by atoms with Crippen LogP contribution in [0.3, 0.4) is 0 Å². The van der Waals surface area contributed by atoms with Gasteiger partial charge in [0, 0.05) is 37.0 Å². The number of para-hydroxylation sites is 1. The smallest absolute Gasteiger partial charge is 0.135 e. The number of piperidine rings is 1. The van der Waals surface area contributed by atoms with E-state index in [9.17, 15) is 4.79 Å². The summed E-state index contributed by atoms with van der Waals surface area (Å²) in [6.45, 7) is 2.35. The SMILES string of the molecule is O=C1CCN(C2(c3ccccc3OCc3ccccc3)CC2)CC1. The summed E-state index contributed by atoms with van der Waals surface area (Å²) < 4.78 is 6.17. The van der Waals surface area contributed by atoms with Crippen molar-refractivity contribution in [2.24, 2.45) is 0 Å². The Labute approximate surface area is 143 Å². The molecule has 1 aliphatic heterocycles. The zero-order valence-corrected chi connectivity index (χ0v) is 13.9. The van der Waals surface area contributed by atoms with Gasteiger partial charge in [-0.2, -0.15) is 0 Å². The van der Waals surface area contributed by atoms with Crippen molar-refractivity contribution < 1.29 is 9.53 Å². The maximum Gasteiger partial charge on any atom is 0.135 e. The third kappa shape index (κ3) is 2.96. The first-order chi connectivity index (χ1) is 11.8. The highest BCUT2D eigenvalue weighted by molar-refractivity contribution is 5.79. The van der Waals surface area contributed by atoms with Crippen LogP contribution in [0.15, 0.2) is 54.6 Å². The Balaban J connectivity index is 1.54. The number of ether oxygens (including phenoxy) is 1. The van der Waals surface area contributed by atoms with Crippen LogP contribution in [-0.2, 0) is 16.9 Å².